The first-order valence-corrected chi connectivity index (χ1v) is 3.78. The first-order valence-electron chi connectivity index (χ1n) is 3.78. The van der Waals surface area contributed by atoms with Gasteiger partial charge in [0.25, 0.3) is 0 Å². The van der Waals surface area contributed by atoms with Gasteiger partial charge >= 0.3 is 6.09 Å². The van der Waals surface area contributed by atoms with E-state index in [9.17, 15) is 4.79 Å². The molecule has 0 radical (unpaired) electrons. The molecular weight excluding hydrogens is 146 g/mol. The van der Waals surface area contributed by atoms with Crippen molar-refractivity contribution >= 4 is 6.09 Å². The molecule has 11 heavy (non-hydrogen) atoms. The molecule has 4 nitrogen and oxygen atoms in total. The predicted octanol–water partition coefficient (Wildman–Crippen LogP) is 0.113. The number of carbonyl (C=O) groups is 1. The standard InChI is InChI=1S/C7H13NO3/c1-5-4-6(5)8-7(10)11-3-2-9/h5-6,9H,2-4H2,1H3,(H,8,10). The summed E-state index contributed by atoms with van der Waals surface area (Å²) in [6, 6.07) is 0.293. The molecule has 0 aromatic rings. The summed E-state index contributed by atoms with van der Waals surface area (Å²) in [7, 11) is 0. The van der Waals surface area contributed by atoms with Crippen LogP contribution in [-0.2, 0) is 4.74 Å². The van der Waals surface area contributed by atoms with Gasteiger partial charge in [-0.25, -0.2) is 4.79 Å². The minimum atomic E-state index is -0.423. The minimum absolute atomic E-state index is 0.0763. The first kappa shape index (κ1) is 8.33. The van der Waals surface area contributed by atoms with Gasteiger partial charge in [0.15, 0.2) is 0 Å². The van der Waals surface area contributed by atoms with Crippen LogP contribution in [0.3, 0.4) is 0 Å². The molecule has 1 aliphatic rings. The zero-order valence-corrected chi connectivity index (χ0v) is 6.54. The van der Waals surface area contributed by atoms with Gasteiger partial charge in [0.05, 0.1) is 6.61 Å². The summed E-state index contributed by atoms with van der Waals surface area (Å²) in [5.74, 6) is 0.580. The van der Waals surface area contributed by atoms with Crippen molar-refractivity contribution in [2.75, 3.05) is 13.2 Å². The van der Waals surface area contributed by atoms with Crippen molar-refractivity contribution in [3.63, 3.8) is 0 Å². The Hall–Kier alpha value is -0.770. The number of hydrogen-bond donors (Lipinski definition) is 2. The fourth-order valence-corrected chi connectivity index (χ4v) is 0.855. The van der Waals surface area contributed by atoms with Crippen LogP contribution >= 0.6 is 0 Å². The molecule has 64 valence electrons. The van der Waals surface area contributed by atoms with Gasteiger partial charge in [-0.15, -0.1) is 0 Å². The molecule has 0 aromatic carbocycles. The molecule has 0 saturated heterocycles. The number of aliphatic hydroxyl groups excluding tert-OH is 1. The van der Waals surface area contributed by atoms with Gasteiger partial charge in [-0.2, -0.15) is 0 Å². The molecule has 0 heterocycles. The lowest BCUT2D eigenvalue weighted by Gasteiger charge is -2.03. The van der Waals surface area contributed by atoms with Crippen molar-refractivity contribution in [2.45, 2.75) is 19.4 Å². The number of amides is 1. The van der Waals surface area contributed by atoms with Crippen molar-refractivity contribution in [1.82, 2.24) is 5.32 Å². The second-order valence-corrected chi connectivity index (χ2v) is 2.82. The maximum absolute atomic E-state index is 10.8. The number of nitrogens with one attached hydrogen (secondary N) is 1. The van der Waals surface area contributed by atoms with Crippen LogP contribution in [0.4, 0.5) is 4.79 Å². The summed E-state index contributed by atoms with van der Waals surface area (Å²) in [6.07, 6.45) is 0.613. The Bertz CT molecular complexity index is 149. The predicted molar refractivity (Wildman–Crippen MR) is 39.1 cm³/mol. The van der Waals surface area contributed by atoms with Crippen molar-refractivity contribution in [2.24, 2.45) is 5.92 Å². The van der Waals surface area contributed by atoms with E-state index in [2.05, 4.69) is 17.0 Å². The van der Waals surface area contributed by atoms with Crippen LogP contribution in [0, 0.1) is 5.92 Å². The molecule has 1 amide bonds. The second-order valence-electron chi connectivity index (χ2n) is 2.82. The molecule has 0 spiro atoms. The van der Waals surface area contributed by atoms with Gasteiger partial charge in [-0.1, -0.05) is 6.92 Å². The largest absolute Gasteiger partial charge is 0.447 e. The smallest absolute Gasteiger partial charge is 0.407 e. The SMILES string of the molecule is CC1CC1NC(=O)OCCO. The highest BCUT2D eigenvalue weighted by atomic mass is 16.6. The van der Waals surface area contributed by atoms with E-state index in [0.29, 0.717) is 12.0 Å². The van der Waals surface area contributed by atoms with Gasteiger partial charge in [0.1, 0.15) is 6.61 Å². The van der Waals surface area contributed by atoms with E-state index in [1.165, 1.54) is 0 Å². The lowest BCUT2D eigenvalue weighted by atomic mass is 10.5. The average Bonchev–Trinajstić information content (AvgIpc) is 2.62. The normalized spacial score (nSPS) is 27.8. The summed E-state index contributed by atoms with van der Waals surface area (Å²) in [4.78, 5) is 10.8. The van der Waals surface area contributed by atoms with Crippen LogP contribution in [0.5, 0.6) is 0 Å². The van der Waals surface area contributed by atoms with Crippen molar-refractivity contribution in [1.29, 1.82) is 0 Å². The topological polar surface area (TPSA) is 58.6 Å². The maximum atomic E-state index is 10.8. The van der Waals surface area contributed by atoms with Gasteiger partial charge < -0.3 is 15.2 Å². The molecule has 1 rings (SSSR count). The summed E-state index contributed by atoms with van der Waals surface area (Å²) in [6.45, 7) is 2.03. The average molecular weight is 159 g/mol. The minimum Gasteiger partial charge on any atom is -0.447 e. The van der Waals surface area contributed by atoms with E-state index < -0.39 is 6.09 Å². The molecule has 2 atom stereocenters. The van der Waals surface area contributed by atoms with Crippen LogP contribution < -0.4 is 5.32 Å². The summed E-state index contributed by atoms with van der Waals surface area (Å²) < 4.78 is 4.59. The number of rotatable bonds is 3. The Morgan fingerprint density at radius 2 is 2.45 bits per heavy atom. The zero-order chi connectivity index (χ0) is 8.27. The molecule has 2 unspecified atom stereocenters. The van der Waals surface area contributed by atoms with E-state index in [4.69, 9.17) is 5.11 Å². The molecule has 1 saturated carbocycles. The lowest BCUT2D eigenvalue weighted by Crippen LogP contribution is -2.28. The highest BCUT2D eigenvalue weighted by Crippen LogP contribution is 2.28. The quantitative estimate of drug-likeness (QED) is 0.614. The van der Waals surface area contributed by atoms with Gasteiger partial charge in [0.2, 0.25) is 0 Å². The second kappa shape index (κ2) is 3.57. The molecule has 0 aliphatic heterocycles. The summed E-state index contributed by atoms with van der Waals surface area (Å²) in [5, 5.41) is 11.0. The third-order valence-electron chi connectivity index (χ3n) is 1.74. The molecule has 1 fully saturated rings. The van der Waals surface area contributed by atoms with Crippen LogP contribution in [0.2, 0.25) is 0 Å². The van der Waals surface area contributed by atoms with Crippen LogP contribution in [0.15, 0.2) is 0 Å². The number of ether oxygens (including phenoxy) is 1. The number of aliphatic hydroxyl groups is 1. The molecular formula is C7H13NO3. The van der Waals surface area contributed by atoms with Gasteiger partial charge in [-0.05, 0) is 12.3 Å². The van der Waals surface area contributed by atoms with Crippen molar-refractivity contribution in [3.05, 3.63) is 0 Å². The number of hydrogen-bond acceptors (Lipinski definition) is 3. The summed E-state index contributed by atoms with van der Waals surface area (Å²) in [5.41, 5.74) is 0. The van der Waals surface area contributed by atoms with Crippen molar-refractivity contribution < 1.29 is 14.6 Å². The Labute approximate surface area is 65.5 Å². The fraction of sp³-hybridized carbons (Fsp3) is 0.857. The van der Waals surface area contributed by atoms with Crippen molar-refractivity contribution in [3.8, 4) is 0 Å². The highest BCUT2D eigenvalue weighted by molar-refractivity contribution is 5.68. The monoisotopic (exact) mass is 159 g/mol. The maximum Gasteiger partial charge on any atom is 0.407 e. The zero-order valence-electron chi connectivity index (χ0n) is 6.54. The van der Waals surface area contributed by atoms with E-state index in [-0.39, 0.29) is 13.2 Å². The summed E-state index contributed by atoms with van der Waals surface area (Å²) >= 11 is 0. The molecule has 4 heteroatoms. The number of alkyl carbamates (subject to hydrolysis) is 1. The Kier molecular flexibility index (Phi) is 2.70. The molecule has 1 aliphatic carbocycles. The number of carbonyl (C=O) groups excluding carboxylic acids is 1. The molecule has 0 aromatic heterocycles. The lowest BCUT2D eigenvalue weighted by molar-refractivity contribution is 0.118. The van der Waals surface area contributed by atoms with Crippen LogP contribution in [0.1, 0.15) is 13.3 Å². The van der Waals surface area contributed by atoms with E-state index in [1.54, 1.807) is 0 Å². The third-order valence-corrected chi connectivity index (χ3v) is 1.74. The van der Waals surface area contributed by atoms with Crippen LogP contribution in [-0.4, -0.2) is 30.5 Å². The fourth-order valence-electron chi connectivity index (χ4n) is 0.855. The van der Waals surface area contributed by atoms with Gasteiger partial charge in [-0.3, -0.25) is 0 Å². The third kappa shape index (κ3) is 2.76. The van der Waals surface area contributed by atoms with E-state index in [1.807, 2.05) is 0 Å². The Morgan fingerprint density at radius 1 is 1.82 bits per heavy atom. The van der Waals surface area contributed by atoms with Gasteiger partial charge in [0, 0.05) is 6.04 Å². The van der Waals surface area contributed by atoms with Crippen LogP contribution in [0.25, 0.3) is 0 Å². The molecule has 2 N–H and O–H groups in total. The van der Waals surface area contributed by atoms with E-state index in [0.717, 1.165) is 6.42 Å². The van der Waals surface area contributed by atoms with E-state index >= 15 is 0 Å². The Balaban J connectivity index is 2.02. The Morgan fingerprint density at radius 3 is 2.91 bits per heavy atom. The molecule has 0 bridgehead atoms. The first-order chi connectivity index (χ1) is 5.24. The highest BCUT2D eigenvalue weighted by Gasteiger charge is 2.34.